The van der Waals surface area contributed by atoms with Crippen LogP contribution in [0.3, 0.4) is 0 Å². The average molecular weight is 435 g/mol. The molecule has 2 aromatic rings. The molecule has 2 N–H and O–H groups in total. The Bertz CT molecular complexity index is 699. The van der Waals surface area contributed by atoms with Gasteiger partial charge in [-0.1, -0.05) is 11.6 Å². The molecule has 2 rings (SSSR count). The first kappa shape index (κ1) is 16.6. The molecular weight excluding hydrogens is 423 g/mol. The maximum atomic E-state index is 12.2. The second-order valence-electron chi connectivity index (χ2n) is 3.97. The van der Waals surface area contributed by atoms with E-state index in [0.717, 1.165) is 3.57 Å². The van der Waals surface area contributed by atoms with E-state index in [-0.39, 0.29) is 5.95 Å². The maximum absolute atomic E-state index is 12.2. The Hall–Kier alpha value is -1.81. The largest absolute Gasteiger partial charge is 0.496 e. The summed E-state index contributed by atoms with van der Waals surface area (Å²) in [6, 6.07) is 4.81. The van der Waals surface area contributed by atoms with Crippen molar-refractivity contribution in [2.45, 2.75) is 0 Å². The fourth-order valence-electron chi connectivity index (χ4n) is 1.57. The molecule has 0 fully saturated rings. The van der Waals surface area contributed by atoms with E-state index in [9.17, 15) is 4.79 Å². The summed E-state index contributed by atoms with van der Waals surface area (Å²) in [6.07, 6.45) is 1.50. The van der Waals surface area contributed by atoms with E-state index in [1.165, 1.54) is 26.5 Å². The van der Waals surface area contributed by atoms with Crippen LogP contribution in [0, 0.1) is 3.57 Å². The summed E-state index contributed by atoms with van der Waals surface area (Å²) in [5.41, 5.74) is 5.37. The molecule has 0 saturated heterocycles. The second kappa shape index (κ2) is 7.45. The number of nitrogens with zero attached hydrogens (tertiary/aromatic N) is 2. The van der Waals surface area contributed by atoms with E-state index in [0.29, 0.717) is 22.2 Å². The molecule has 22 heavy (non-hydrogen) atoms. The highest BCUT2D eigenvalue weighted by molar-refractivity contribution is 14.1. The van der Waals surface area contributed by atoms with Gasteiger partial charge in [0.25, 0.3) is 5.91 Å². The lowest BCUT2D eigenvalue weighted by Crippen LogP contribution is -2.30. The normalized spacial score (nSPS) is 10.0. The molecule has 0 radical (unpaired) electrons. The smallest absolute Gasteiger partial charge is 0.273 e. The van der Waals surface area contributed by atoms with Gasteiger partial charge in [-0.05, 0) is 34.7 Å². The monoisotopic (exact) mass is 434 g/mol. The molecule has 7 nitrogen and oxygen atoms in total. The molecule has 116 valence electrons. The Balaban J connectivity index is 2.13. The molecule has 1 heterocycles. The van der Waals surface area contributed by atoms with E-state index in [4.69, 9.17) is 21.1 Å². The van der Waals surface area contributed by atoms with Gasteiger partial charge in [-0.25, -0.2) is 4.98 Å². The van der Waals surface area contributed by atoms with Crippen molar-refractivity contribution in [3.8, 4) is 11.6 Å². The third-order valence-corrected chi connectivity index (χ3v) is 4.14. The number of rotatable bonds is 5. The highest BCUT2D eigenvalue weighted by atomic mass is 127. The molecule has 0 saturated carbocycles. The van der Waals surface area contributed by atoms with Gasteiger partial charge in [0, 0.05) is 15.8 Å². The average Bonchev–Trinajstić information content (AvgIpc) is 2.54. The minimum absolute atomic E-state index is 0.197. The summed E-state index contributed by atoms with van der Waals surface area (Å²) in [5, 5.41) is 0.462. The van der Waals surface area contributed by atoms with E-state index < -0.39 is 5.91 Å². The minimum atomic E-state index is -0.429. The molecule has 1 amide bonds. The number of hydrazine groups is 1. The van der Waals surface area contributed by atoms with Crippen molar-refractivity contribution in [2.75, 3.05) is 19.6 Å². The van der Waals surface area contributed by atoms with Gasteiger partial charge in [-0.3, -0.25) is 15.6 Å². The van der Waals surface area contributed by atoms with Crippen molar-refractivity contribution in [3.05, 3.63) is 38.6 Å². The van der Waals surface area contributed by atoms with Crippen LogP contribution < -0.4 is 20.3 Å². The van der Waals surface area contributed by atoms with Gasteiger partial charge >= 0.3 is 0 Å². The quantitative estimate of drug-likeness (QED) is 0.556. The van der Waals surface area contributed by atoms with E-state index in [1.54, 1.807) is 12.1 Å². The Morgan fingerprint density at radius 2 is 2.09 bits per heavy atom. The van der Waals surface area contributed by atoms with Crippen LogP contribution in [0.2, 0.25) is 5.02 Å². The summed E-state index contributed by atoms with van der Waals surface area (Å²) in [7, 11) is 2.97. The lowest BCUT2D eigenvalue weighted by Gasteiger charge is -2.11. The Labute approximate surface area is 145 Å². The van der Waals surface area contributed by atoms with Crippen LogP contribution in [-0.2, 0) is 0 Å². The fraction of sp³-hybridized carbons (Fsp3) is 0.154. The molecule has 0 aliphatic rings. The van der Waals surface area contributed by atoms with E-state index in [1.807, 2.05) is 0 Å². The summed E-state index contributed by atoms with van der Waals surface area (Å²) >= 11 is 8.10. The first-order chi connectivity index (χ1) is 10.5. The number of halogens is 2. The number of hydrogen-bond acceptors (Lipinski definition) is 6. The molecule has 0 aliphatic carbocycles. The van der Waals surface area contributed by atoms with Crippen molar-refractivity contribution in [3.63, 3.8) is 0 Å². The first-order valence-corrected chi connectivity index (χ1v) is 7.47. The number of nitrogens with one attached hydrogen (secondary N) is 2. The standard InChI is InChI=1S/C13H12ClIN4O3/c1-21-10-6-9(15)8(14)5-7(10)12(20)18-19-13-16-4-3-11(17-13)22-2/h3-6H,1-2H3,(H,18,20)(H,16,17,19). The van der Waals surface area contributed by atoms with Gasteiger partial charge in [-0.15, -0.1) is 0 Å². The molecule has 1 aromatic heterocycles. The van der Waals surface area contributed by atoms with Gasteiger partial charge in [0.2, 0.25) is 11.8 Å². The number of carbonyl (C=O) groups is 1. The molecule has 0 aliphatic heterocycles. The zero-order chi connectivity index (χ0) is 16.1. The second-order valence-corrected chi connectivity index (χ2v) is 5.54. The Morgan fingerprint density at radius 3 is 2.77 bits per heavy atom. The molecule has 9 heteroatoms. The summed E-state index contributed by atoms with van der Waals surface area (Å²) < 4.78 is 10.9. The Kier molecular flexibility index (Phi) is 5.61. The van der Waals surface area contributed by atoms with E-state index >= 15 is 0 Å². The molecule has 1 aromatic carbocycles. The molecule has 0 bridgehead atoms. The number of aromatic nitrogens is 2. The number of methoxy groups -OCH3 is 2. The molecule has 0 atom stereocenters. The third-order valence-electron chi connectivity index (χ3n) is 2.61. The summed E-state index contributed by atoms with van der Waals surface area (Å²) in [4.78, 5) is 20.2. The van der Waals surface area contributed by atoms with Gasteiger partial charge in [0.05, 0.1) is 24.8 Å². The zero-order valence-electron chi connectivity index (χ0n) is 11.7. The van der Waals surface area contributed by atoms with Crippen LogP contribution in [0.1, 0.15) is 10.4 Å². The van der Waals surface area contributed by atoms with Crippen LogP contribution in [0.4, 0.5) is 5.95 Å². The highest BCUT2D eigenvalue weighted by Gasteiger charge is 2.15. The van der Waals surface area contributed by atoms with Crippen LogP contribution in [-0.4, -0.2) is 30.1 Å². The summed E-state index contributed by atoms with van der Waals surface area (Å²) in [6.45, 7) is 0. The minimum Gasteiger partial charge on any atom is -0.496 e. The maximum Gasteiger partial charge on any atom is 0.273 e. The zero-order valence-corrected chi connectivity index (χ0v) is 14.6. The van der Waals surface area contributed by atoms with Crippen molar-refractivity contribution in [2.24, 2.45) is 0 Å². The number of anilines is 1. The van der Waals surface area contributed by atoms with Crippen molar-refractivity contribution in [1.82, 2.24) is 15.4 Å². The number of carbonyl (C=O) groups excluding carboxylic acids is 1. The van der Waals surface area contributed by atoms with Crippen LogP contribution in [0.25, 0.3) is 0 Å². The number of ether oxygens (including phenoxy) is 2. The van der Waals surface area contributed by atoms with Gasteiger partial charge < -0.3 is 9.47 Å². The van der Waals surface area contributed by atoms with Crippen LogP contribution >= 0.6 is 34.2 Å². The first-order valence-electron chi connectivity index (χ1n) is 6.01. The van der Waals surface area contributed by atoms with Crippen LogP contribution in [0.15, 0.2) is 24.4 Å². The Morgan fingerprint density at radius 1 is 1.32 bits per heavy atom. The molecule has 0 spiro atoms. The number of hydrogen-bond donors (Lipinski definition) is 2. The van der Waals surface area contributed by atoms with Crippen molar-refractivity contribution < 1.29 is 14.3 Å². The van der Waals surface area contributed by atoms with Gasteiger partial charge in [0.15, 0.2) is 0 Å². The third kappa shape index (κ3) is 3.89. The lowest BCUT2D eigenvalue weighted by atomic mass is 10.2. The van der Waals surface area contributed by atoms with Gasteiger partial charge in [0.1, 0.15) is 5.75 Å². The predicted octanol–water partition coefficient (Wildman–Crippen LogP) is 2.51. The topological polar surface area (TPSA) is 85.4 Å². The van der Waals surface area contributed by atoms with Crippen molar-refractivity contribution in [1.29, 1.82) is 0 Å². The lowest BCUT2D eigenvalue weighted by molar-refractivity contribution is 0.0959. The van der Waals surface area contributed by atoms with Crippen LogP contribution in [0.5, 0.6) is 11.6 Å². The number of benzene rings is 1. The van der Waals surface area contributed by atoms with E-state index in [2.05, 4.69) is 43.4 Å². The fourth-order valence-corrected chi connectivity index (χ4v) is 2.17. The number of amides is 1. The van der Waals surface area contributed by atoms with Gasteiger partial charge in [-0.2, -0.15) is 4.98 Å². The molecule has 0 unspecified atom stereocenters. The summed E-state index contributed by atoms with van der Waals surface area (Å²) in [5.74, 6) is 0.561. The highest BCUT2D eigenvalue weighted by Crippen LogP contribution is 2.28. The van der Waals surface area contributed by atoms with Crippen molar-refractivity contribution >= 4 is 46.0 Å². The molecular formula is C13H12ClIN4O3. The predicted molar refractivity (Wildman–Crippen MR) is 90.4 cm³/mol. The SMILES string of the molecule is COc1ccnc(NNC(=O)c2cc(Cl)c(I)cc2OC)n1.